The molecule has 39 heavy (non-hydrogen) atoms. The molecular formula is C32H31FN2O4. The minimum Gasteiger partial charge on any atom is -0.497 e. The van der Waals surface area contributed by atoms with Crippen LogP contribution in [0.5, 0.6) is 11.5 Å². The van der Waals surface area contributed by atoms with Gasteiger partial charge in [0.25, 0.3) is 5.91 Å². The Morgan fingerprint density at radius 1 is 0.795 bits per heavy atom. The van der Waals surface area contributed by atoms with Crippen molar-refractivity contribution in [2.24, 2.45) is 0 Å². The number of benzene rings is 4. The van der Waals surface area contributed by atoms with Gasteiger partial charge in [-0.25, -0.2) is 4.39 Å². The fraction of sp³-hybridized carbons (Fsp3) is 0.188. The van der Waals surface area contributed by atoms with Gasteiger partial charge in [0, 0.05) is 13.1 Å². The fourth-order valence-corrected chi connectivity index (χ4v) is 4.18. The molecule has 4 aromatic rings. The molecular weight excluding hydrogens is 495 g/mol. The first-order valence-electron chi connectivity index (χ1n) is 12.7. The summed E-state index contributed by atoms with van der Waals surface area (Å²) >= 11 is 0. The lowest BCUT2D eigenvalue weighted by molar-refractivity contribution is -0.143. The smallest absolute Gasteiger partial charge is 0.261 e. The summed E-state index contributed by atoms with van der Waals surface area (Å²) in [6, 6.07) is 30.8. The average molecular weight is 527 g/mol. The number of nitrogens with one attached hydrogen (secondary N) is 1. The second kappa shape index (κ2) is 13.8. The van der Waals surface area contributed by atoms with E-state index in [0.717, 1.165) is 11.3 Å². The van der Waals surface area contributed by atoms with Crippen molar-refractivity contribution in [3.05, 3.63) is 132 Å². The lowest BCUT2D eigenvalue weighted by atomic mass is 10.0. The normalized spacial score (nSPS) is 11.3. The van der Waals surface area contributed by atoms with Crippen molar-refractivity contribution in [1.29, 1.82) is 0 Å². The zero-order chi connectivity index (χ0) is 27.5. The van der Waals surface area contributed by atoms with E-state index in [2.05, 4.69) is 5.32 Å². The van der Waals surface area contributed by atoms with Crippen LogP contribution in [0.3, 0.4) is 0 Å². The highest BCUT2D eigenvalue weighted by atomic mass is 19.1. The van der Waals surface area contributed by atoms with Crippen LogP contribution in [0.15, 0.2) is 109 Å². The second-order valence-electron chi connectivity index (χ2n) is 8.95. The molecule has 200 valence electrons. The number of ether oxygens (including phenoxy) is 2. The number of carbonyl (C=O) groups excluding carboxylic acids is 2. The summed E-state index contributed by atoms with van der Waals surface area (Å²) in [5, 5.41) is 3.00. The molecule has 1 N–H and O–H groups in total. The van der Waals surface area contributed by atoms with Crippen molar-refractivity contribution >= 4 is 11.8 Å². The molecule has 0 radical (unpaired) electrons. The fourth-order valence-electron chi connectivity index (χ4n) is 4.18. The Kier molecular flexibility index (Phi) is 9.67. The molecule has 0 spiro atoms. The molecule has 0 aliphatic carbocycles. The number of rotatable bonds is 12. The third-order valence-electron chi connectivity index (χ3n) is 6.24. The highest BCUT2D eigenvalue weighted by molar-refractivity contribution is 5.89. The third-order valence-corrected chi connectivity index (χ3v) is 6.24. The quantitative estimate of drug-likeness (QED) is 0.271. The maximum absolute atomic E-state index is 13.7. The predicted molar refractivity (Wildman–Crippen MR) is 148 cm³/mol. The summed E-state index contributed by atoms with van der Waals surface area (Å²) in [4.78, 5) is 28.8. The Morgan fingerprint density at radius 3 is 2.05 bits per heavy atom. The number of hydrogen-bond acceptors (Lipinski definition) is 4. The van der Waals surface area contributed by atoms with E-state index < -0.39 is 6.04 Å². The monoisotopic (exact) mass is 526 g/mol. The number of halogens is 1. The number of amides is 2. The minimum atomic E-state index is -0.918. The van der Waals surface area contributed by atoms with Crippen molar-refractivity contribution in [2.75, 3.05) is 20.3 Å². The van der Waals surface area contributed by atoms with Crippen LogP contribution in [0.4, 0.5) is 4.39 Å². The predicted octanol–water partition coefficient (Wildman–Crippen LogP) is 5.34. The van der Waals surface area contributed by atoms with Crippen LogP contribution < -0.4 is 14.8 Å². The highest BCUT2D eigenvalue weighted by Gasteiger charge is 2.31. The molecule has 6 nitrogen and oxygen atoms in total. The van der Waals surface area contributed by atoms with Crippen LogP contribution in [-0.2, 0) is 22.6 Å². The van der Waals surface area contributed by atoms with Crippen LogP contribution in [0, 0.1) is 5.82 Å². The number of nitrogens with zero attached hydrogens (tertiary/aromatic N) is 1. The van der Waals surface area contributed by atoms with Crippen LogP contribution in [0.2, 0.25) is 0 Å². The van der Waals surface area contributed by atoms with Crippen LogP contribution in [0.25, 0.3) is 0 Å². The van der Waals surface area contributed by atoms with Gasteiger partial charge in [-0.1, -0.05) is 72.8 Å². The topological polar surface area (TPSA) is 67.9 Å². The molecule has 0 aliphatic rings. The average Bonchev–Trinajstić information content (AvgIpc) is 2.98. The van der Waals surface area contributed by atoms with Gasteiger partial charge in [-0.15, -0.1) is 0 Å². The van der Waals surface area contributed by atoms with Gasteiger partial charge >= 0.3 is 0 Å². The Bertz CT molecular complexity index is 1330. The van der Waals surface area contributed by atoms with Gasteiger partial charge in [0.2, 0.25) is 5.91 Å². The Labute approximate surface area is 228 Å². The third kappa shape index (κ3) is 7.92. The first-order chi connectivity index (χ1) is 19.0. The summed E-state index contributed by atoms with van der Waals surface area (Å²) in [5.41, 5.74) is 2.40. The number of hydrogen-bond donors (Lipinski definition) is 1. The van der Waals surface area contributed by atoms with Crippen LogP contribution >= 0.6 is 0 Å². The molecule has 0 saturated carbocycles. The van der Waals surface area contributed by atoms with E-state index in [0.29, 0.717) is 29.8 Å². The van der Waals surface area contributed by atoms with Gasteiger partial charge in [-0.05, 0) is 59.5 Å². The summed E-state index contributed by atoms with van der Waals surface area (Å²) < 4.78 is 24.5. The first-order valence-corrected chi connectivity index (χ1v) is 12.7. The zero-order valence-electron chi connectivity index (χ0n) is 21.8. The molecule has 4 rings (SSSR count). The summed E-state index contributed by atoms with van der Waals surface area (Å²) in [6.45, 7) is 0.226. The van der Waals surface area contributed by atoms with E-state index in [-0.39, 0.29) is 30.8 Å². The van der Waals surface area contributed by atoms with Crippen LogP contribution in [0.1, 0.15) is 22.7 Å². The SMILES string of the molecule is COc1ccc(CCNC(=O)C(c2ccccc2)N(Cc2ccc(F)cc2)C(=O)COc2ccccc2)cc1. The van der Waals surface area contributed by atoms with E-state index in [1.54, 1.807) is 31.4 Å². The molecule has 4 aromatic carbocycles. The van der Waals surface area contributed by atoms with Crippen molar-refractivity contribution in [3.63, 3.8) is 0 Å². The number of methoxy groups -OCH3 is 1. The lowest BCUT2D eigenvalue weighted by Crippen LogP contribution is -2.45. The summed E-state index contributed by atoms with van der Waals surface area (Å²) in [6.07, 6.45) is 0.611. The Hall–Kier alpha value is -4.65. The molecule has 0 saturated heterocycles. The van der Waals surface area contributed by atoms with Gasteiger partial charge in [-0.3, -0.25) is 9.59 Å². The molecule has 0 aromatic heterocycles. The summed E-state index contributed by atoms with van der Waals surface area (Å²) in [5.74, 6) is 0.250. The number of para-hydroxylation sites is 1. The first kappa shape index (κ1) is 27.4. The van der Waals surface area contributed by atoms with E-state index in [4.69, 9.17) is 9.47 Å². The zero-order valence-corrected chi connectivity index (χ0v) is 21.8. The van der Waals surface area contributed by atoms with E-state index in [1.807, 2.05) is 72.8 Å². The molecule has 0 fully saturated rings. The molecule has 2 amide bonds. The molecule has 0 heterocycles. The van der Waals surface area contributed by atoms with Crippen LogP contribution in [-0.4, -0.2) is 37.0 Å². The van der Waals surface area contributed by atoms with Gasteiger partial charge < -0.3 is 19.7 Å². The van der Waals surface area contributed by atoms with Crippen molar-refractivity contribution in [2.45, 2.75) is 19.0 Å². The lowest BCUT2D eigenvalue weighted by Gasteiger charge is -2.31. The molecule has 1 atom stereocenters. The maximum Gasteiger partial charge on any atom is 0.261 e. The molecule has 1 unspecified atom stereocenters. The van der Waals surface area contributed by atoms with E-state index in [9.17, 15) is 14.0 Å². The van der Waals surface area contributed by atoms with Gasteiger partial charge in [-0.2, -0.15) is 0 Å². The number of carbonyl (C=O) groups is 2. The van der Waals surface area contributed by atoms with E-state index in [1.165, 1.54) is 17.0 Å². The second-order valence-corrected chi connectivity index (χ2v) is 8.95. The van der Waals surface area contributed by atoms with E-state index >= 15 is 0 Å². The van der Waals surface area contributed by atoms with Gasteiger partial charge in [0.15, 0.2) is 6.61 Å². The molecule has 7 heteroatoms. The standard InChI is InChI=1S/C32H31FN2O4/c1-38-28-18-14-24(15-19-28)20-21-34-32(37)31(26-8-4-2-5-9-26)35(22-25-12-16-27(33)17-13-25)30(36)23-39-29-10-6-3-7-11-29/h2-19,31H,20-23H2,1H3,(H,34,37). The van der Waals surface area contributed by atoms with Crippen molar-refractivity contribution < 1.29 is 23.5 Å². The van der Waals surface area contributed by atoms with Crippen molar-refractivity contribution in [1.82, 2.24) is 10.2 Å². The maximum atomic E-state index is 13.7. The summed E-state index contributed by atoms with van der Waals surface area (Å²) in [7, 11) is 1.61. The van der Waals surface area contributed by atoms with Gasteiger partial charge in [0.05, 0.1) is 7.11 Å². The Morgan fingerprint density at radius 2 is 1.41 bits per heavy atom. The van der Waals surface area contributed by atoms with Gasteiger partial charge in [0.1, 0.15) is 23.4 Å². The molecule has 0 aliphatic heterocycles. The highest BCUT2D eigenvalue weighted by Crippen LogP contribution is 2.25. The Balaban J connectivity index is 1.56. The molecule has 0 bridgehead atoms. The largest absolute Gasteiger partial charge is 0.497 e. The minimum absolute atomic E-state index is 0.0999. The van der Waals surface area contributed by atoms with Crippen molar-refractivity contribution in [3.8, 4) is 11.5 Å².